The zero-order valence-corrected chi connectivity index (χ0v) is 12.5. The van der Waals surface area contributed by atoms with Crippen molar-refractivity contribution in [2.75, 3.05) is 7.11 Å². The van der Waals surface area contributed by atoms with Crippen LogP contribution in [0.2, 0.25) is 0 Å². The largest absolute Gasteiger partial charge is 0.481 e. The molecule has 0 amide bonds. The first kappa shape index (κ1) is 12.6. The van der Waals surface area contributed by atoms with E-state index >= 15 is 0 Å². The summed E-state index contributed by atoms with van der Waals surface area (Å²) in [5.74, 6) is 0.589. The normalized spacial score (nSPS) is 13.6. The third-order valence-electron chi connectivity index (χ3n) is 4.06. The molecule has 0 bridgehead atoms. The van der Waals surface area contributed by atoms with Crippen LogP contribution in [-0.4, -0.2) is 21.6 Å². The van der Waals surface area contributed by atoms with E-state index in [4.69, 9.17) is 17.0 Å². The molecule has 4 rings (SSSR count). The second-order valence-corrected chi connectivity index (χ2v) is 5.68. The number of nitrogens with one attached hydrogen (secondary N) is 1. The third kappa shape index (κ3) is 1.96. The number of H-pyrrole nitrogens is 1. The average molecular weight is 297 g/mol. The lowest BCUT2D eigenvalue weighted by Gasteiger charge is -2.07. The van der Waals surface area contributed by atoms with E-state index in [1.807, 2.05) is 16.7 Å². The smallest absolute Gasteiger partial charge is 0.215 e. The topological polar surface area (TPSA) is 42.8 Å². The van der Waals surface area contributed by atoms with E-state index in [1.54, 1.807) is 7.11 Å². The molecule has 3 aromatic rings. The van der Waals surface area contributed by atoms with Crippen LogP contribution in [0.25, 0.3) is 16.9 Å². The van der Waals surface area contributed by atoms with Crippen molar-refractivity contribution in [3.8, 4) is 11.6 Å². The highest BCUT2D eigenvalue weighted by atomic mass is 32.1. The Morgan fingerprint density at radius 2 is 2.05 bits per heavy atom. The van der Waals surface area contributed by atoms with E-state index in [9.17, 15) is 0 Å². The number of hydrogen-bond donors (Lipinski definition) is 1. The minimum Gasteiger partial charge on any atom is -0.481 e. The number of imidazole rings is 1. The number of hydrogen-bond acceptors (Lipinski definition) is 3. The summed E-state index contributed by atoms with van der Waals surface area (Å²) in [5.41, 5.74) is 5.66. The molecule has 0 radical (unpaired) electrons. The van der Waals surface area contributed by atoms with E-state index in [1.165, 1.54) is 24.0 Å². The van der Waals surface area contributed by atoms with Gasteiger partial charge in [0.15, 0.2) is 10.4 Å². The Bertz CT molecular complexity index is 894. The summed E-state index contributed by atoms with van der Waals surface area (Å²) in [4.78, 5) is 7.73. The zero-order valence-electron chi connectivity index (χ0n) is 11.7. The average Bonchev–Trinajstić information content (AvgIpc) is 3.08. The van der Waals surface area contributed by atoms with Gasteiger partial charge in [-0.2, -0.15) is 4.98 Å². The number of aromatic amines is 1. The van der Waals surface area contributed by atoms with Crippen molar-refractivity contribution in [3.05, 3.63) is 46.2 Å². The van der Waals surface area contributed by atoms with Crippen molar-refractivity contribution >= 4 is 23.4 Å². The Kier molecular flexibility index (Phi) is 2.82. The number of pyridine rings is 1. The molecule has 2 heterocycles. The summed E-state index contributed by atoms with van der Waals surface area (Å²) in [6.45, 7) is 0. The van der Waals surface area contributed by atoms with Gasteiger partial charge in [-0.1, -0.05) is 6.07 Å². The molecule has 0 fully saturated rings. The predicted octanol–water partition coefficient (Wildman–Crippen LogP) is 3.58. The monoisotopic (exact) mass is 297 g/mol. The van der Waals surface area contributed by atoms with Crippen molar-refractivity contribution in [3.63, 3.8) is 0 Å². The van der Waals surface area contributed by atoms with Crippen molar-refractivity contribution in [1.82, 2.24) is 14.5 Å². The number of methoxy groups -OCH3 is 1. The van der Waals surface area contributed by atoms with Gasteiger partial charge in [-0.05, 0) is 60.8 Å². The maximum Gasteiger partial charge on any atom is 0.215 e. The van der Waals surface area contributed by atoms with Gasteiger partial charge in [0.05, 0.1) is 18.3 Å². The third-order valence-corrected chi connectivity index (χ3v) is 4.34. The summed E-state index contributed by atoms with van der Waals surface area (Å²) < 4.78 is 7.86. The molecule has 21 heavy (non-hydrogen) atoms. The van der Waals surface area contributed by atoms with Crippen LogP contribution in [0.3, 0.4) is 0 Å². The Morgan fingerprint density at radius 3 is 2.90 bits per heavy atom. The molecule has 1 aliphatic rings. The van der Waals surface area contributed by atoms with Crippen LogP contribution in [0.4, 0.5) is 0 Å². The van der Waals surface area contributed by atoms with Crippen molar-refractivity contribution < 1.29 is 4.74 Å². The Hall–Kier alpha value is -2.14. The van der Waals surface area contributed by atoms with Crippen LogP contribution in [0, 0.1) is 4.77 Å². The van der Waals surface area contributed by atoms with E-state index in [2.05, 4.69) is 28.2 Å². The van der Waals surface area contributed by atoms with Crippen LogP contribution < -0.4 is 4.74 Å². The van der Waals surface area contributed by atoms with Crippen LogP contribution in [0.15, 0.2) is 30.3 Å². The van der Waals surface area contributed by atoms with Gasteiger partial charge in [0.1, 0.15) is 0 Å². The van der Waals surface area contributed by atoms with Gasteiger partial charge in [0.25, 0.3) is 0 Å². The van der Waals surface area contributed by atoms with Gasteiger partial charge < -0.3 is 9.72 Å². The van der Waals surface area contributed by atoms with Gasteiger partial charge in [0.2, 0.25) is 5.88 Å². The Labute approximate surface area is 127 Å². The standard InChI is InChI=1S/C16H15N3OS/c1-20-14-8-7-13-15(18-14)19(16(21)17-13)12-6-5-10-3-2-4-11(10)9-12/h5-9H,2-4H2,1H3,(H,17,21). The Balaban J connectivity index is 1.97. The van der Waals surface area contributed by atoms with Crippen LogP contribution in [-0.2, 0) is 12.8 Å². The molecule has 0 atom stereocenters. The maximum absolute atomic E-state index is 5.47. The number of aryl methyl sites for hydroxylation is 2. The summed E-state index contributed by atoms with van der Waals surface area (Å²) in [6.07, 6.45) is 3.57. The molecule has 0 saturated heterocycles. The number of rotatable bonds is 2. The van der Waals surface area contributed by atoms with E-state index < -0.39 is 0 Å². The van der Waals surface area contributed by atoms with Crippen molar-refractivity contribution in [1.29, 1.82) is 0 Å². The molecule has 0 unspecified atom stereocenters. The Morgan fingerprint density at radius 1 is 1.19 bits per heavy atom. The predicted molar refractivity (Wildman–Crippen MR) is 84.8 cm³/mol. The van der Waals surface area contributed by atoms with Gasteiger partial charge >= 0.3 is 0 Å². The fourth-order valence-electron chi connectivity index (χ4n) is 3.02. The minimum atomic E-state index is 0.589. The fraction of sp³-hybridized carbons (Fsp3) is 0.250. The number of aromatic nitrogens is 3. The first-order valence-corrected chi connectivity index (χ1v) is 7.45. The molecule has 1 aliphatic carbocycles. The molecular weight excluding hydrogens is 282 g/mol. The molecule has 0 saturated carbocycles. The molecule has 1 N–H and O–H groups in total. The molecule has 4 nitrogen and oxygen atoms in total. The zero-order chi connectivity index (χ0) is 14.4. The van der Waals surface area contributed by atoms with Crippen molar-refractivity contribution in [2.45, 2.75) is 19.3 Å². The second kappa shape index (κ2) is 4.70. The lowest BCUT2D eigenvalue weighted by atomic mass is 10.1. The number of fused-ring (bicyclic) bond motifs is 2. The summed E-state index contributed by atoms with van der Waals surface area (Å²) in [5, 5.41) is 0. The van der Waals surface area contributed by atoms with Crippen molar-refractivity contribution in [2.24, 2.45) is 0 Å². The SMILES string of the molecule is COc1ccc2[nH]c(=S)n(-c3ccc4c(c3)CCC4)c2n1. The number of ether oxygens (including phenoxy) is 1. The first-order chi connectivity index (χ1) is 10.3. The fourth-order valence-corrected chi connectivity index (χ4v) is 3.32. The van der Waals surface area contributed by atoms with Gasteiger partial charge in [-0.3, -0.25) is 4.57 Å². The summed E-state index contributed by atoms with van der Waals surface area (Å²) in [6, 6.07) is 10.3. The van der Waals surface area contributed by atoms with E-state index in [-0.39, 0.29) is 0 Å². The minimum absolute atomic E-state index is 0.589. The molecular formula is C16H15N3OS. The number of nitrogens with zero attached hydrogens (tertiary/aromatic N) is 2. The molecule has 5 heteroatoms. The van der Waals surface area contributed by atoms with Crippen LogP contribution in [0.5, 0.6) is 5.88 Å². The van der Waals surface area contributed by atoms with Gasteiger partial charge in [0, 0.05) is 6.07 Å². The lowest BCUT2D eigenvalue weighted by molar-refractivity contribution is 0.399. The second-order valence-electron chi connectivity index (χ2n) is 5.30. The maximum atomic E-state index is 5.47. The summed E-state index contributed by atoms with van der Waals surface area (Å²) in [7, 11) is 1.62. The van der Waals surface area contributed by atoms with Gasteiger partial charge in [-0.25, -0.2) is 0 Å². The highest BCUT2D eigenvalue weighted by molar-refractivity contribution is 7.71. The number of benzene rings is 1. The molecule has 0 aliphatic heterocycles. The summed E-state index contributed by atoms with van der Waals surface area (Å²) >= 11 is 5.47. The van der Waals surface area contributed by atoms with E-state index in [0.717, 1.165) is 23.3 Å². The quantitative estimate of drug-likeness (QED) is 0.735. The highest BCUT2D eigenvalue weighted by Gasteiger charge is 2.14. The lowest BCUT2D eigenvalue weighted by Crippen LogP contribution is -1.98. The van der Waals surface area contributed by atoms with E-state index in [0.29, 0.717) is 10.7 Å². The molecule has 0 spiro atoms. The van der Waals surface area contributed by atoms with Crippen LogP contribution in [0.1, 0.15) is 17.5 Å². The molecule has 2 aromatic heterocycles. The van der Waals surface area contributed by atoms with Crippen LogP contribution >= 0.6 is 12.2 Å². The molecule has 1 aromatic carbocycles. The molecule has 106 valence electrons. The highest BCUT2D eigenvalue weighted by Crippen LogP contribution is 2.26. The first-order valence-electron chi connectivity index (χ1n) is 7.04. The van der Waals surface area contributed by atoms with Gasteiger partial charge in [-0.15, -0.1) is 0 Å².